The molecule has 0 saturated heterocycles. The third-order valence-corrected chi connectivity index (χ3v) is 4.52. The van der Waals surface area contributed by atoms with Gasteiger partial charge in [0.25, 0.3) is 0 Å². The predicted octanol–water partition coefficient (Wildman–Crippen LogP) is 2.86. The van der Waals surface area contributed by atoms with Crippen LogP contribution in [-0.2, 0) is 19.4 Å². The number of rotatable bonds is 6. The summed E-state index contributed by atoms with van der Waals surface area (Å²) in [6.07, 6.45) is -0.575. The molecule has 1 aromatic carbocycles. The van der Waals surface area contributed by atoms with Gasteiger partial charge in [0, 0.05) is 13.0 Å². The molecular formula is C16H21BrN2O2. The molecule has 0 radical (unpaired) electrons. The van der Waals surface area contributed by atoms with Crippen molar-refractivity contribution in [3.8, 4) is 0 Å². The smallest absolute Gasteiger partial charge is 0.105 e. The first-order chi connectivity index (χ1) is 10.1. The number of hydrogen-bond acceptors (Lipinski definition) is 3. The Bertz CT molecular complexity index is 583. The molecule has 0 amide bonds. The molecule has 0 saturated carbocycles. The molecule has 0 aliphatic heterocycles. The molecule has 1 aromatic heterocycles. The molecule has 0 aliphatic rings. The lowest BCUT2D eigenvalue weighted by Crippen LogP contribution is -2.22. The maximum atomic E-state index is 10.3. The molecule has 0 bridgehead atoms. The van der Waals surface area contributed by atoms with Crippen molar-refractivity contribution in [1.82, 2.24) is 9.78 Å². The lowest BCUT2D eigenvalue weighted by molar-refractivity contribution is 0.0177. The number of nitrogens with zero attached hydrogens (tertiary/aromatic N) is 2. The third-order valence-electron chi connectivity index (χ3n) is 3.60. The molecule has 2 aromatic rings. The van der Waals surface area contributed by atoms with Gasteiger partial charge in [-0.25, -0.2) is 0 Å². The Morgan fingerprint density at radius 1 is 1.19 bits per heavy atom. The van der Waals surface area contributed by atoms with Gasteiger partial charge >= 0.3 is 0 Å². The van der Waals surface area contributed by atoms with Gasteiger partial charge in [0.05, 0.1) is 22.0 Å². The van der Waals surface area contributed by atoms with Gasteiger partial charge in [-0.3, -0.25) is 4.68 Å². The molecule has 1 heterocycles. The molecule has 0 spiro atoms. The summed E-state index contributed by atoms with van der Waals surface area (Å²) in [5, 5.41) is 25.1. The average Bonchev–Trinajstić information content (AvgIpc) is 2.83. The van der Waals surface area contributed by atoms with Crippen molar-refractivity contribution in [2.24, 2.45) is 0 Å². The first-order valence-electron chi connectivity index (χ1n) is 7.23. The highest BCUT2D eigenvalue weighted by Gasteiger charge is 2.23. The molecule has 2 unspecified atom stereocenters. The lowest BCUT2D eigenvalue weighted by Gasteiger charge is -2.18. The number of benzene rings is 1. The molecule has 4 nitrogen and oxygen atoms in total. The van der Waals surface area contributed by atoms with Gasteiger partial charge in [0.1, 0.15) is 6.10 Å². The Balaban J connectivity index is 2.19. The second kappa shape index (κ2) is 7.20. The number of halogens is 1. The normalized spacial score (nSPS) is 14.1. The van der Waals surface area contributed by atoms with E-state index in [-0.39, 0.29) is 0 Å². The fraction of sp³-hybridized carbons (Fsp3) is 0.438. The maximum absolute atomic E-state index is 10.3. The Labute approximate surface area is 133 Å². The summed E-state index contributed by atoms with van der Waals surface area (Å²) in [5.74, 6) is 0. The van der Waals surface area contributed by atoms with E-state index in [1.165, 1.54) is 0 Å². The number of hydrogen-bond donors (Lipinski definition) is 2. The highest BCUT2D eigenvalue weighted by atomic mass is 79.9. The van der Waals surface area contributed by atoms with Crippen LogP contribution < -0.4 is 0 Å². The van der Waals surface area contributed by atoms with Gasteiger partial charge in [0.15, 0.2) is 0 Å². The number of aliphatic hydroxyl groups excluding tert-OH is 2. The van der Waals surface area contributed by atoms with Crippen LogP contribution in [0.3, 0.4) is 0 Å². The lowest BCUT2D eigenvalue weighted by atomic mass is 10.0. The van der Waals surface area contributed by atoms with Crippen LogP contribution in [0.5, 0.6) is 0 Å². The van der Waals surface area contributed by atoms with E-state index in [1.54, 1.807) is 0 Å². The summed E-state index contributed by atoms with van der Waals surface area (Å²) in [6.45, 7) is 4.80. The molecular weight excluding hydrogens is 332 g/mol. The highest BCUT2D eigenvalue weighted by Crippen LogP contribution is 2.26. The van der Waals surface area contributed by atoms with E-state index >= 15 is 0 Å². The van der Waals surface area contributed by atoms with E-state index in [1.807, 2.05) is 48.9 Å². The van der Waals surface area contributed by atoms with Crippen LogP contribution in [0.25, 0.3) is 0 Å². The highest BCUT2D eigenvalue weighted by molar-refractivity contribution is 9.10. The van der Waals surface area contributed by atoms with Crippen LogP contribution in [0, 0.1) is 0 Å². The van der Waals surface area contributed by atoms with Crippen LogP contribution in [-0.4, -0.2) is 26.1 Å². The van der Waals surface area contributed by atoms with Crippen LogP contribution in [0.2, 0.25) is 0 Å². The largest absolute Gasteiger partial charge is 0.390 e. The number of aryl methyl sites for hydroxylation is 2. The van der Waals surface area contributed by atoms with Gasteiger partial charge in [-0.1, -0.05) is 37.3 Å². The maximum Gasteiger partial charge on any atom is 0.105 e. The van der Waals surface area contributed by atoms with E-state index in [9.17, 15) is 10.2 Å². The standard InChI is InChI=1S/C16H21BrN2O2/c1-3-12-15(17)13(19(4-2)18-12)10-14(20)16(21)11-8-6-5-7-9-11/h5-9,14,16,20-21H,3-4,10H2,1-2H3. The van der Waals surface area contributed by atoms with E-state index < -0.39 is 12.2 Å². The minimum Gasteiger partial charge on any atom is -0.390 e. The van der Waals surface area contributed by atoms with Crippen molar-refractivity contribution in [2.45, 2.75) is 45.4 Å². The Morgan fingerprint density at radius 3 is 2.43 bits per heavy atom. The molecule has 0 fully saturated rings. The summed E-state index contributed by atoms with van der Waals surface area (Å²) in [7, 11) is 0. The predicted molar refractivity (Wildman–Crippen MR) is 86.1 cm³/mol. The molecule has 2 rings (SSSR count). The van der Waals surface area contributed by atoms with Crippen molar-refractivity contribution >= 4 is 15.9 Å². The van der Waals surface area contributed by atoms with Gasteiger partial charge in [0.2, 0.25) is 0 Å². The molecule has 0 aliphatic carbocycles. The van der Waals surface area contributed by atoms with Crippen molar-refractivity contribution in [2.75, 3.05) is 0 Å². The zero-order valence-corrected chi connectivity index (χ0v) is 13.9. The zero-order valence-electron chi connectivity index (χ0n) is 12.3. The fourth-order valence-corrected chi connectivity index (χ4v) is 3.12. The van der Waals surface area contributed by atoms with Crippen LogP contribution in [0.1, 0.15) is 36.9 Å². The first-order valence-corrected chi connectivity index (χ1v) is 8.02. The quantitative estimate of drug-likeness (QED) is 0.840. The van der Waals surface area contributed by atoms with Gasteiger partial charge < -0.3 is 10.2 Å². The van der Waals surface area contributed by atoms with Crippen molar-refractivity contribution in [1.29, 1.82) is 0 Å². The molecule has 5 heteroatoms. The first kappa shape index (κ1) is 16.2. The fourth-order valence-electron chi connectivity index (χ4n) is 2.39. The van der Waals surface area contributed by atoms with E-state index in [0.717, 1.165) is 34.4 Å². The van der Waals surface area contributed by atoms with Gasteiger partial charge in [-0.2, -0.15) is 5.10 Å². The van der Waals surface area contributed by atoms with Crippen molar-refractivity contribution in [3.05, 3.63) is 51.8 Å². The van der Waals surface area contributed by atoms with Crippen LogP contribution in [0.4, 0.5) is 0 Å². The van der Waals surface area contributed by atoms with Crippen LogP contribution >= 0.6 is 15.9 Å². The minimum absolute atomic E-state index is 0.359. The van der Waals surface area contributed by atoms with Gasteiger partial charge in [-0.05, 0) is 34.8 Å². The summed E-state index contributed by atoms with van der Waals surface area (Å²) < 4.78 is 2.82. The SMILES string of the molecule is CCc1nn(CC)c(CC(O)C(O)c2ccccc2)c1Br. The Hall–Kier alpha value is -1.17. The second-order valence-electron chi connectivity index (χ2n) is 5.00. The van der Waals surface area contributed by atoms with Crippen molar-refractivity contribution < 1.29 is 10.2 Å². The summed E-state index contributed by atoms with van der Waals surface area (Å²) in [6, 6.07) is 9.23. The topological polar surface area (TPSA) is 58.3 Å². The Kier molecular flexibility index (Phi) is 5.56. The molecule has 21 heavy (non-hydrogen) atoms. The second-order valence-corrected chi connectivity index (χ2v) is 5.80. The summed E-state index contributed by atoms with van der Waals surface area (Å²) in [5.41, 5.74) is 2.63. The zero-order chi connectivity index (χ0) is 15.4. The summed E-state index contributed by atoms with van der Waals surface area (Å²) in [4.78, 5) is 0. The van der Waals surface area contributed by atoms with Crippen LogP contribution in [0.15, 0.2) is 34.8 Å². The van der Waals surface area contributed by atoms with Gasteiger partial charge in [-0.15, -0.1) is 0 Å². The molecule has 2 N–H and O–H groups in total. The van der Waals surface area contributed by atoms with E-state index in [0.29, 0.717) is 6.42 Å². The number of aromatic nitrogens is 2. The average molecular weight is 353 g/mol. The Morgan fingerprint density at radius 2 is 1.86 bits per heavy atom. The van der Waals surface area contributed by atoms with E-state index in [4.69, 9.17) is 0 Å². The summed E-state index contributed by atoms with van der Waals surface area (Å²) >= 11 is 3.56. The van der Waals surface area contributed by atoms with Crippen molar-refractivity contribution in [3.63, 3.8) is 0 Å². The molecule has 2 atom stereocenters. The number of aliphatic hydroxyl groups is 2. The molecule has 114 valence electrons. The minimum atomic E-state index is -0.900. The monoisotopic (exact) mass is 352 g/mol. The van der Waals surface area contributed by atoms with E-state index in [2.05, 4.69) is 21.0 Å². The third kappa shape index (κ3) is 3.54.